The molecule has 0 saturated heterocycles. The van der Waals surface area contributed by atoms with Crippen LogP contribution >= 0.6 is 0 Å². The van der Waals surface area contributed by atoms with Gasteiger partial charge >= 0.3 is 0 Å². The Hall–Kier alpha value is -3.14. The zero-order valence-electron chi connectivity index (χ0n) is 20.2. The van der Waals surface area contributed by atoms with Gasteiger partial charge in [0.2, 0.25) is 21.8 Å². The topological polar surface area (TPSA) is 96.0 Å². The van der Waals surface area contributed by atoms with E-state index in [1.807, 2.05) is 0 Å². The van der Waals surface area contributed by atoms with Crippen LogP contribution in [0.25, 0.3) is 0 Å². The first-order valence-corrected chi connectivity index (χ1v) is 13.4. The standard InChI is InChI=1S/C25H32FN3O5S/c1-18(25(31)27-21-10-4-5-11-21)28(16-19-8-6-13-23(14-19)34-2)24(30)17-29(35(3,32)33)22-12-7-9-20(26)15-22/h6-9,12-15,18,21H,4-5,10-11,16-17H2,1-3H3,(H,27,31)/t18-/m0/s1. The van der Waals surface area contributed by atoms with Crippen LogP contribution in [0.15, 0.2) is 48.5 Å². The van der Waals surface area contributed by atoms with E-state index < -0.39 is 34.3 Å². The van der Waals surface area contributed by atoms with Gasteiger partial charge in [-0.3, -0.25) is 13.9 Å². The predicted octanol–water partition coefficient (Wildman–Crippen LogP) is 3.08. The third-order valence-corrected chi connectivity index (χ3v) is 7.27. The maximum absolute atomic E-state index is 13.8. The molecule has 0 spiro atoms. The quantitative estimate of drug-likeness (QED) is 0.535. The molecule has 0 bridgehead atoms. The average molecular weight is 506 g/mol. The molecular weight excluding hydrogens is 473 g/mol. The van der Waals surface area contributed by atoms with Gasteiger partial charge in [0.1, 0.15) is 24.2 Å². The van der Waals surface area contributed by atoms with Gasteiger partial charge < -0.3 is 15.0 Å². The van der Waals surface area contributed by atoms with E-state index >= 15 is 0 Å². The molecule has 2 aromatic carbocycles. The number of amides is 2. The van der Waals surface area contributed by atoms with Crippen LogP contribution in [0.2, 0.25) is 0 Å². The monoisotopic (exact) mass is 505 g/mol. The number of benzene rings is 2. The maximum atomic E-state index is 13.8. The molecule has 1 atom stereocenters. The number of nitrogens with zero attached hydrogens (tertiary/aromatic N) is 2. The molecular formula is C25H32FN3O5S. The Morgan fingerprint density at radius 1 is 1.14 bits per heavy atom. The highest BCUT2D eigenvalue weighted by Gasteiger charge is 2.31. The zero-order chi connectivity index (χ0) is 25.6. The molecule has 1 aliphatic carbocycles. The molecule has 2 amide bonds. The molecule has 8 nitrogen and oxygen atoms in total. The number of hydrogen-bond donors (Lipinski definition) is 1. The maximum Gasteiger partial charge on any atom is 0.244 e. The van der Waals surface area contributed by atoms with E-state index in [0.29, 0.717) is 5.75 Å². The predicted molar refractivity (Wildman–Crippen MR) is 132 cm³/mol. The Labute approximate surface area is 206 Å². The molecule has 35 heavy (non-hydrogen) atoms. The van der Waals surface area contributed by atoms with Crippen LogP contribution in [0.4, 0.5) is 10.1 Å². The molecule has 0 aromatic heterocycles. The van der Waals surface area contributed by atoms with Gasteiger partial charge in [0, 0.05) is 12.6 Å². The number of methoxy groups -OCH3 is 1. The van der Waals surface area contributed by atoms with E-state index in [1.54, 1.807) is 31.2 Å². The smallest absolute Gasteiger partial charge is 0.244 e. The highest BCUT2D eigenvalue weighted by Crippen LogP contribution is 2.22. The van der Waals surface area contributed by atoms with Crippen molar-refractivity contribution in [3.05, 3.63) is 59.9 Å². The van der Waals surface area contributed by atoms with Crippen LogP contribution in [0, 0.1) is 5.82 Å². The first-order chi connectivity index (χ1) is 16.6. The lowest BCUT2D eigenvalue weighted by atomic mass is 10.1. The Morgan fingerprint density at radius 2 is 1.83 bits per heavy atom. The van der Waals surface area contributed by atoms with Crippen LogP contribution in [0.5, 0.6) is 5.75 Å². The fraction of sp³-hybridized carbons (Fsp3) is 0.440. The van der Waals surface area contributed by atoms with Crippen LogP contribution in [-0.4, -0.2) is 57.1 Å². The number of nitrogens with one attached hydrogen (secondary N) is 1. The number of sulfonamides is 1. The van der Waals surface area contributed by atoms with Crippen molar-refractivity contribution in [2.75, 3.05) is 24.2 Å². The van der Waals surface area contributed by atoms with Crippen molar-refractivity contribution in [2.24, 2.45) is 0 Å². The number of rotatable bonds is 10. The summed E-state index contributed by atoms with van der Waals surface area (Å²) in [7, 11) is -2.38. The number of carbonyl (C=O) groups is 2. The van der Waals surface area contributed by atoms with Crippen LogP contribution in [0.3, 0.4) is 0 Å². The van der Waals surface area contributed by atoms with Crippen LogP contribution < -0.4 is 14.4 Å². The highest BCUT2D eigenvalue weighted by molar-refractivity contribution is 7.92. The minimum atomic E-state index is -3.91. The van der Waals surface area contributed by atoms with Crippen molar-refractivity contribution in [1.82, 2.24) is 10.2 Å². The lowest BCUT2D eigenvalue weighted by Gasteiger charge is -2.32. The fourth-order valence-electron chi connectivity index (χ4n) is 4.19. The Bertz CT molecular complexity index is 1150. The number of anilines is 1. The largest absolute Gasteiger partial charge is 0.497 e. The third kappa shape index (κ3) is 7.17. The second kappa shape index (κ2) is 11.5. The van der Waals surface area contributed by atoms with Crippen molar-refractivity contribution in [1.29, 1.82) is 0 Å². The van der Waals surface area contributed by atoms with Crippen LogP contribution in [-0.2, 0) is 26.2 Å². The summed E-state index contributed by atoms with van der Waals surface area (Å²) in [6, 6.07) is 11.3. The molecule has 0 heterocycles. The summed E-state index contributed by atoms with van der Waals surface area (Å²) in [6.07, 6.45) is 4.83. The van der Waals surface area contributed by atoms with Gasteiger partial charge in [-0.25, -0.2) is 12.8 Å². The summed E-state index contributed by atoms with van der Waals surface area (Å²) in [5.74, 6) is -0.919. The summed E-state index contributed by atoms with van der Waals surface area (Å²) in [4.78, 5) is 27.9. The Morgan fingerprint density at radius 3 is 2.46 bits per heavy atom. The molecule has 1 fully saturated rings. The summed E-state index contributed by atoms with van der Waals surface area (Å²) in [6.45, 7) is 1.11. The van der Waals surface area contributed by atoms with Gasteiger partial charge in [0.15, 0.2) is 0 Å². The molecule has 0 radical (unpaired) electrons. The Kier molecular flexibility index (Phi) is 8.71. The summed E-state index contributed by atoms with van der Waals surface area (Å²) < 4.78 is 45.0. The van der Waals surface area contributed by atoms with Crippen molar-refractivity contribution < 1.29 is 27.1 Å². The number of carbonyl (C=O) groups excluding carboxylic acids is 2. The molecule has 1 saturated carbocycles. The van der Waals surface area contributed by atoms with Crippen molar-refractivity contribution in [3.63, 3.8) is 0 Å². The number of halogens is 1. The Balaban J connectivity index is 1.89. The lowest BCUT2D eigenvalue weighted by Crippen LogP contribution is -2.52. The molecule has 2 aromatic rings. The van der Waals surface area contributed by atoms with E-state index in [4.69, 9.17) is 4.74 Å². The van der Waals surface area contributed by atoms with E-state index in [2.05, 4.69) is 5.32 Å². The van der Waals surface area contributed by atoms with E-state index in [1.165, 1.54) is 30.2 Å². The summed E-state index contributed by atoms with van der Waals surface area (Å²) >= 11 is 0. The first kappa shape index (κ1) is 26.5. The average Bonchev–Trinajstić information content (AvgIpc) is 3.32. The van der Waals surface area contributed by atoms with Gasteiger partial charge in [-0.15, -0.1) is 0 Å². The first-order valence-electron chi connectivity index (χ1n) is 11.5. The fourth-order valence-corrected chi connectivity index (χ4v) is 5.03. The molecule has 190 valence electrons. The van der Waals surface area contributed by atoms with Crippen LogP contribution in [0.1, 0.15) is 38.2 Å². The zero-order valence-corrected chi connectivity index (χ0v) is 21.1. The third-order valence-electron chi connectivity index (χ3n) is 6.13. The number of hydrogen-bond acceptors (Lipinski definition) is 5. The molecule has 3 rings (SSSR count). The van der Waals surface area contributed by atoms with Gasteiger partial charge in [0.05, 0.1) is 19.1 Å². The van der Waals surface area contributed by atoms with Gasteiger partial charge in [-0.1, -0.05) is 31.0 Å². The van der Waals surface area contributed by atoms with Crippen molar-refractivity contribution >= 4 is 27.5 Å². The normalized spacial score (nSPS) is 14.9. The number of ether oxygens (including phenoxy) is 1. The van der Waals surface area contributed by atoms with Gasteiger partial charge in [-0.2, -0.15) is 0 Å². The molecule has 0 unspecified atom stereocenters. The van der Waals surface area contributed by atoms with Gasteiger partial charge in [0.25, 0.3) is 0 Å². The van der Waals surface area contributed by atoms with E-state index in [0.717, 1.165) is 47.9 Å². The molecule has 10 heteroatoms. The lowest BCUT2D eigenvalue weighted by molar-refractivity contribution is -0.139. The highest BCUT2D eigenvalue weighted by atomic mass is 32.2. The molecule has 1 aliphatic rings. The second-order valence-corrected chi connectivity index (χ2v) is 10.7. The summed E-state index contributed by atoms with van der Waals surface area (Å²) in [5, 5.41) is 3.01. The SMILES string of the molecule is COc1cccc(CN(C(=O)CN(c2cccc(F)c2)S(C)(=O)=O)[C@@H](C)C(=O)NC2CCCC2)c1. The summed E-state index contributed by atoms with van der Waals surface area (Å²) in [5.41, 5.74) is 0.750. The second-order valence-electron chi connectivity index (χ2n) is 8.79. The molecule has 1 N–H and O–H groups in total. The van der Waals surface area contributed by atoms with Crippen molar-refractivity contribution in [3.8, 4) is 5.75 Å². The molecule has 0 aliphatic heterocycles. The minimum absolute atomic E-state index is 0.0326. The minimum Gasteiger partial charge on any atom is -0.497 e. The van der Waals surface area contributed by atoms with E-state index in [9.17, 15) is 22.4 Å². The van der Waals surface area contributed by atoms with E-state index in [-0.39, 0.29) is 24.2 Å². The van der Waals surface area contributed by atoms with Crippen molar-refractivity contribution in [2.45, 2.75) is 51.2 Å². The van der Waals surface area contributed by atoms with Gasteiger partial charge in [-0.05, 0) is 55.7 Å².